The van der Waals surface area contributed by atoms with Crippen molar-refractivity contribution in [2.45, 2.75) is 45.1 Å². The minimum absolute atomic E-state index is 0.452. The average molecular weight is 271 g/mol. The molecule has 0 amide bonds. The van der Waals surface area contributed by atoms with Gasteiger partial charge in [0.05, 0.1) is 6.04 Å². The molecule has 0 fully saturated rings. The molecule has 0 saturated heterocycles. The number of fused-ring (bicyclic) bond motifs is 1. The third kappa shape index (κ3) is 2.69. The zero-order valence-electron chi connectivity index (χ0n) is 11.5. The smallest absolute Gasteiger partial charge is 0.0604 e. The summed E-state index contributed by atoms with van der Waals surface area (Å²) in [7, 11) is 0. The zero-order chi connectivity index (χ0) is 13.1. The monoisotopic (exact) mass is 271 g/mol. The van der Waals surface area contributed by atoms with Crippen LogP contribution in [-0.4, -0.2) is 0 Å². The van der Waals surface area contributed by atoms with Gasteiger partial charge in [-0.25, -0.2) is 0 Å². The maximum atomic E-state index is 3.77. The maximum absolute atomic E-state index is 3.77. The van der Waals surface area contributed by atoms with Crippen molar-refractivity contribution in [1.82, 2.24) is 0 Å². The van der Waals surface area contributed by atoms with Crippen LogP contribution >= 0.6 is 11.3 Å². The lowest BCUT2D eigenvalue weighted by Gasteiger charge is -2.23. The highest BCUT2D eigenvalue weighted by molar-refractivity contribution is 7.10. The molecular formula is C17H21NS. The van der Waals surface area contributed by atoms with Gasteiger partial charge in [-0.1, -0.05) is 25.1 Å². The van der Waals surface area contributed by atoms with E-state index >= 15 is 0 Å². The second-order valence-corrected chi connectivity index (χ2v) is 6.25. The van der Waals surface area contributed by atoms with Crippen LogP contribution in [0.3, 0.4) is 0 Å². The molecule has 0 spiro atoms. The lowest BCUT2D eigenvalue weighted by Crippen LogP contribution is -2.12. The highest BCUT2D eigenvalue weighted by atomic mass is 32.1. The number of aryl methyl sites for hydroxylation is 1. The largest absolute Gasteiger partial charge is 0.377 e. The Morgan fingerprint density at radius 3 is 2.84 bits per heavy atom. The van der Waals surface area contributed by atoms with E-state index in [0.29, 0.717) is 6.04 Å². The molecule has 0 saturated carbocycles. The van der Waals surface area contributed by atoms with Gasteiger partial charge in [-0.3, -0.25) is 0 Å². The van der Waals surface area contributed by atoms with Crippen LogP contribution in [0.1, 0.15) is 48.2 Å². The van der Waals surface area contributed by atoms with Crippen LogP contribution in [0.2, 0.25) is 0 Å². The summed E-state index contributed by atoms with van der Waals surface area (Å²) in [5, 5.41) is 5.94. The standard InChI is InChI=1S/C17H21NS/c1-2-15(17-11-6-12-19-17)18-16-10-5-8-13-7-3-4-9-14(13)16/h5-6,8,10-12,15,18H,2-4,7,9H2,1H3. The fourth-order valence-electron chi connectivity index (χ4n) is 2.97. The van der Waals surface area contributed by atoms with Crippen molar-refractivity contribution in [2.24, 2.45) is 0 Å². The van der Waals surface area contributed by atoms with E-state index in [9.17, 15) is 0 Å². The highest BCUT2D eigenvalue weighted by Gasteiger charge is 2.16. The number of thiophene rings is 1. The third-order valence-corrected chi connectivity index (χ3v) is 5.01. The van der Waals surface area contributed by atoms with Crippen molar-refractivity contribution in [2.75, 3.05) is 5.32 Å². The molecular weight excluding hydrogens is 250 g/mol. The predicted molar refractivity (Wildman–Crippen MR) is 84.1 cm³/mol. The minimum Gasteiger partial charge on any atom is -0.377 e. The van der Waals surface area contributed by atoms with Crippen LogP contribution in [-0.2, 0) is 12.8 Å². The molecule has 1 aromatic carbocycles. The van der Waals surface area contributed by atoms with Gasteiger partial charge in [0.15, 0.2) is 0 Å². The molecule has 3 rings (SSSR count). The van der Waals surface area contributed by atoms with Crippen LogP contribution in [0.15, 0.2) is 35.7 Å². The van der Waals surface area contributed by atoms with Gasteiger partial charge >= 0.3 is 0 Å². The molecule has 1 unspecified atom stereocenters. The third-order valence-electron chi connectivity index (χ3n) is 4.02. The number of nitrogens with one attached hydrogen (secondary N) is 1. The van der Waals surface area contributed by atoms with Gasteiger partial charge in [-0.15, -0.1) is 11.3 Å². The Kier molecular flexibility index (Phi) is 3.88. The summed E-state index contributed by atoms with van der Waals surface area (Å²) in [4.78, 5) is 1.44. The molecule has 1 heterocycles. The zero-order valence-corrected chi connectivity index (χ0v) is 12.3. The summed E-state index contributed by atoms with van der Waals surface area (Å²) in [5.74, 6) is 0. The second kappa shape index (κ2) is 5.79. The second-order valence-electron chi connectivity index (χ2n) is 5.27. The van der Waals surface area contributed by atoms with Gasteiger partial charge in [-0.05, 0) is 60.7 Å². The van der Waals surface area contributed by atoms with E-state index in [4.69, 9.17) is 0 Å². The Hall–Kier alpha value is -1.28. The van der Waals surface area contributed by atoms with Crippen molar-refractivity contribution in [3.8, 4) is 0 Å². The van der Waals surface area contributed by atoms with Crippen molar-refractivity contribution in [3.63, 3.8) is 0 Å². The first-order valence-electron chi connectivity index (χ1n) is 7.29. The summed E-state index contributed by atoms with van der Waals surface area (Å²) in [6.45, 7) is 2.26. The topological polar surface area (TPSA) is 12.0 Å². The molecule has 1 atom stereocenters. The lowest BCUT2D eigenvalue weighted by atomic mass is 9.90. The fourth-order valence-corrected chi connectivity index (χ4v) is 3.83. The number of anilines is 1. The van der Waals surface area contributed by atoms with E-state index in [0.717, 1.165) is 6.42 Å². The number of rotatable bonds is 4. The van der Waals surface area contributed by atoms with Gasteiger partial charge in [-0.2, -0.15) is 0 Å². The van der Waals surface area contributed by atoms with Gasteiger partial charge in [0.25, 0.3) is 0 Å². The Balaban J connectivity index is 1.86. The van der Waals surface area contributed by atoms with Crippen LogP contribution in [0, 0.1) is 0 Å². The molecule has 1 aliphatic carbocycles. The van der Waals surface area contributed by atoms with E-state index in [1.54, 1.807) is 11.1 Å². The summed E-state index contributed by atoms with van der Waals surface area (Å²) in [6, 6.07) is 11.6. The fraction of sp³-hybridized carbons (Fsp3) is 0.412. The summed E-state index contributed by atoms with van der Waals surface area (Å²) in [5.41, 5.74) is 4.47. The first kappa shape index (κ1) is 12.7. The average Bonchev–Trinajstić information content (AvgIpc) is 2.99. The summed E-state index contributed by atoms with van der Waals surface area (Å²) >= 11 is 1.85. The molecule has 1 aromatic heterocycles. The van der Waals surface area contributed by atoms with Crippen LogP contribution in [0.25, 0.3) is 0 Å². The molecule has 1 aliphatic rings. The molecule has 100 valence electrons. The van der Waals surface area contributed by atoms with E-state index in [-0.39, 0.29) is 0 Å². The SMILES string of the molecule is CCC(Nc1cccc2c1CCCC2)c1cccs1. The Bertz CT molecular complexity index is 530. The molecule has 2 heteroatoms. The number of hydrogen-bond acceptors (Lipinski definition) is 2. The lowest BCUT2D eigenvalue weighted by molar-refractivity contribution is 0.682. The number of hydrogen-bond donors (Lipinski definition) is 1. The Morgan fingerprint density at radius 2 is 2.05 bits per heavy atom. The van der Waals surface area contributed by atoms with Gasteiger partial charge in [0.2, 0.25) is 0 Å². The van der Waals surface area contributed by atoms with Crippen molar-refractivity contribution < 1.29 is 0 Å². The summed E-state index contributed by atoms with van der Waals surface area (Å²) in [6.07, 6.45) is 6.30. The molecule has 0 bridgehead atoms. The normalized spacial score (nSPS) is 15.8. The highest BCUT2D eigenvalue weighted by Crippen LogP contribution is 2.32. The van der Waals surface area contributed by atoms with Crippen molar-refractivity contribution >= 4 is 17.0 Å². The quantitative estimate of drug-likeness (QED) is 0.807. The van der Waals surface area contributed by atoms with Gasteiger partial charge < -0.3 is 5.32 Å². The predicted octanol–water partition coefficient (Wildman–Crippen LogP) is 5.19. The van der Waals surface area contributed by atoms with E-state index in [1.807, 2.05) is 11.3 Å². The Labute approximate surface area is 119 Å². The molecule has 0 radical (unpaired) electrons. The molecule has 1 nitrogen and oxygen atoms in total. The van der Waals surface area contributed by atoms with Crippen molar-refractivity contribution in [1.29, 1.82) is 0 Å². The maximum Gasteiger partial charge on any atom is 0.0604 e. The van der Waals surface area contributed by atoms with E-state index in [2.05, 4.69) is 48.0 Å². The summed E-state index contributed by atoms with van der Waals surface area (Å²) < 4.78 is 0. The van der Waals surface area contributed by atoms with E-state index in [1.165, 1.54) is 36.2 Å². The van der Waals surface area contributed by atoms with E-state index < -0.39 is 0 Å². The molecule has 0 aliphatic heterocycles. The number of benzene rings is 1. The first-order valence-corrected chi connectivity index (χ1v) is 8.17. The first-order chi connectivity index (χ1) is 9.38. The molecule has 2 aromatic rings. The van der Waals surface area contributed by atoms with Gasteiger partial charge in [0.1, 0.15) is 0 Å². The van der Waals surface area contributed by atoms with Crippen LogP contribution < -0.4 is 5.32 Å². The molecule has 19 heavy (non-hydrogen) atoms. The van der Waals surface area contributed by atoms with Crippen LogP contribution in [0.4, 0.5) is 5.69 Å². The van der Waals surface area contributed by atoms with Crippen LogP contribution in [0.5, 0.6) is 0 Å². The van der Waals surface area contributed by atoms with Gasteiger partial charge in [0, 0.05) is 10.6 Å². The minimum atomic E-state index is 0.452. The van der Waals surface area contributed by atoms with Crippen molar-refractivity contribution in [3.05, 3.63) is 51.7 Å². The molecule has 1 N–H and O–H groups in total. The Morgan fingerprint density at radius 1 is 1.16 bits per heavy atom.